The minimum Gasteiger partial charge on any atom is -0.256 e. The molecule has 0 bridgehead atoms. The van der Waals surface area contributed by atoms with Crippen molar-refractivity contribution in [2.24, 2.45) is 0 Å². The second-order valence-electron chi connectivity index (χ2n) is 0.513. The number of carbonyl (C=O) groups excluding carboxylic acids is 1. The largest absolute Gasteiger partial charge is 0.369 e. The first-order valence-corrected chi connectivity index (χ1v) is 1.36. The van der Waals surface area contributed by atoms with Crippen molar-refractivity contribution in [3.63, 3.8) is 0 Å². The second kappa shape index (κ2) is 1.94. The first-order valence-electron chi connectivity index (χ1n) is 0.986. The maximum Gasteiger partial charge on any atom is 0.369 e. The summed E-state index contributed by atoms with van der Waals surface area (Å²) in [6.45, 7) is 0. The Bertz CT molecular complexity index is 64.6. The van der Waals surface area contributed by atoms with E-state index in [2.05, 4.69) is 11.6 Å². The predicted molar refractivity (Wildman–Crippen MR) is 16.0 cm³/mol. The molecule has 6 heavy (non-hydrogen) atoms. The normalized spacial score (nSPS) is 7.83. The van der Waals surface area contributed by atoms with E-state index >= 15 is 0 Å². The third-order valence-corrected chi connectivity index (χ3v) is 0.285. The Hall–Kier alpha value is -0.350. The van der Waals surface area contributed by atoms with E-state index in [1.165, 1.54) is 0 Å². The molecule has 0 rings (SSSR count). The third kappa shape index (κ3) is 1.92. The van der Waals surface area contributed by atoms with Crippen LogP contribution in [-0.2, 0) is 0 Å². The molecule has 0 spiro atoms. The van der Waals surface area contributed by atoms with Gasteiger partial charge in [-0.25, -0.2) is 0 Å². The van der Waals surface area contributed by atoms with Crippen LogP contribution in [0.5, 0.6) is 0 Å². The van der Waals surface area contributed by atoms with Crippen molar-refractivity contribution in [3.8, 4) is 0 Å². The highest BCUT2D eigenvalue weighted by Crippen LogP contribution is 1.88. The van der Waals surface area contributed by atoms with Crippen LogP contribution in [0.25, 0.3) is 0 Å². The topological polar surface area (TPSA) is 40.5 Å². The van der Waals surface area contributed by atoms with E-state index in [0.29, 0.717) is 0 Å². The zero-order valence-electron chi connectivity index (χ0n) is 2.56. The van der Waals surface area contributed by atoms with Crippen LogP contribution >= 0.6 is 11.6 Å². The van der Waals surface area contributed by atoms with Crippen LogP contribution in [0, 0.1) is 0 Å². The average Bonchev–Trinajstić information content (AvgIpc) is 1.36. The van der Waals surface area contributed by atoms with Gasteiger partial charge in [-0.15, -0.1) is 0 Å². The van der Waals surface area contributed by atoms with Gasteiger partial charge in [-0.2, -0.15) is 0 Å². The van der Waals surface area contributed by atoms with Gasteiger partial charge in [0.1, 0.15) is 0 Å². The first-order chi connectivity index (χ1) is 2.64. The van der Waals surface area contributed by atoms with Crippen LogP contribution in [-0.4, -0.2) is 15.9 Å². The molecule has 36 valence electrons. The SMILES string of the molecule is O=C(Cl)N(O)F. The van der Waals surface area contributed by atoms with Crippen LogP contribution in [0.2, 0.25) is 0 Å². The fourth-order valence-corrected chi connectivity index (χ4v) is 0. The van der Waals surface area contributed by atoms with Crippen LogP contribution < -0.4 is 0 Å². The van der Waals surface area contributed by atoms with E-state index in [9.17, 15) is 9.28 Å². The molecule has 0 saturated heterocycles. The Morgan fingerprint density at radius 3 is 2.17 bits per heavy atom. The molecule has 0 fully saturated rings. The minimum absolute atomic E-state index is 1.21. The summed E-state index contributed by atoms with van der Waals surface area (Å²) < 4.78 is 10.7. The Kier molecular flexibility index (Phi) is 1.83. The van der Waals surface area contributed by atoms with Gasteiger partial charge in [0.05, 0.1) is 0 Å². The summed E-state index contributed by atoms with van der Waals surface area (Å²) in [5.41, 5.74) is 0. The van der Waals surface area contributed by atoms with Gasteiger partial charge in [-0.1, -0.05) is 4.48 Å². The molecular formula is CHClFNO2. The average molecular weight is 113 g/mol. The van der Waals surface area contributed by atoms with Crippen molar-refractivity contribution in [1.29, 1.82) is 0 Å². The highest BCUT2D eigenvalue weighted by atomic mass is 35.5. The number of carbonyl (C=O) groups is 1. The number of halogens is 2. The van der Waals surface area contributed by atoms with Crippen LogP contribution in [0.4, 0.5) is 9.28 Å². The molecule has 0 radical (unpaired) electrons. The van der Waals surface area contributed by atoms with E-state index in [0.717, 1.165) is 0 Å². The molecule has 0 unspecified atom stereocenters. The maximum absolute atomic E-state index is 10.7. The van der Waals surface area contributed by atoms with Crippen molar-refractivity contribution in [1.82, 2.24) is 5.29 Å². The van der Waals surface area contributed by atoms with Crippen molar-refractivity contribution in [3.05, 3.63) is 0 Å². The molecule has 0 aliphatic rings. The quantitative estimate of drug-likeness (QED) is 0.167. The van der Waals surface area contributed by atoms with Gasteiger partial charge < -0.3 is 0 Å². The van der Waals surface area contributed by atoms with Gasteiger partial charge in [-0.05, 0) is 16.9 Å². The fourth-order valence-electron chi connectivity index (χ4n) is 0. The van der Waals surface area contributed by atoms with Gasteiger partial charge in [-0.3, -0.25) is 10.0 Å². The van der Waals surface area contributed by atoms with Crippen LogP contribution in [0.3, 0.4) is 0 Å². The van der Waals surface area contributed by atoms with Crippen LogP contribution in [0.1, 0.15) is 0 Å². The molecule has 0 aromatic heterocycles. The summed E-state index contributed by atoms with van der Waals surface area (Å²) in [7, 11) is 0. The number of hydrogen-bond acceptors (Lipinski definition) is 2. The summed E-state index contributed by atoms with van der Waals surface area (Å²) in [5, 5.41) is 4.56. The lowest BCUT2D eigenvalue weighted by Crippen LogP contribution is -2.08. The van der Waals surface area contributed by atoms with Gasteiger partial charge in [0.2, 0.25) is 0 Å². The lowest BCUT2D eigenvalue weighted by Gasteiger charge is -1.89. The van der Waals surface area contributed by atoms with Crippen molar-refractivity contribution >= 4 is 17.0 Å². The number of nitrogens with zero attached hydrogens (tertiary/aromatic N) is 1. The Balaban J connectivity index is 3.26. The number of amides is 1. The van der Waals surface area contributed by atoms with Crippen molar-refractivity contribution < 1.29 is 14.5 Å². The second-order valence-corrected chi connectivity index (χ2v) is 0.836. The molecule has 0 aromatic rings. The molecule has 5 heteroatoms. The van der Waals surface area contributed by atoms with Crippen molar-refractivity contribution in [2.75, 3.05) is 0 Å². The Morgan fingerprint density at radius 2 is 2.17 bits per heavy atom. The highest BCUT2D eigenvalue weighted by Gasteiger charge is 2.00. The first kappa shape index (κ1) is 5.65. The van der Waals surface area contributed by atoms with E-state index in [-0.39, 0.29) is 0 Å². The van der Waals surface area contributed by atoms with Gasteiger partial charge >= 0.3 is 5.37 Å². The highest BCUT2D eigenvalue weighted by molar-refractivity contribution is 6.62. The molecular weight excluding hydrogens is 112 g/mol. The summed E-state index contributed by atoms with van der Waals surface area (Å²) >= 11 is 4.27. The summed E-state index contributed by atoms with van der Waals surface area (Å²) in [5.74, 6) is 0. The molecule has 1 N–H and O–H groups in total. The Morgan fingerprint density at radius 1 is 2.00 bits per heavy atom. The van der Waals surface area contributed by atoms with E-state index in [1.54, 1.807) is 0 Å². The number of hydroxylamine groups is 1. The molecule has 0 aliphatic carbocycles. The minimum atomic E-state index is -1.55. The monoisotopic (exact) mass is 113 g/mol. The van der Waals surface area contributed by atoms with E-state index in [1.807, 2.05) is 0 Å². The predicted octanol–water partition coefficient (Wildman–Crippen LogP) is 0.921. The van der Waals surface area contributed by atoms with Gasteiger partial charge in [0.25, 0.3) is 0 Å². The lowest BCUT2D eigenvalue weighted by molar-refractivity contribution is -0.177. The number of hydrogen-bond donors (Lipinski definition) is 1. The molecule has 0 atom stereocenters. The van der Waals surface area contributed by atoms with Crippen molar-refractivity contribution in [2.45, 2.75) is 0 Å². The standard InChI is InChI=1S/CHClFNO2/c2-1(5)4(3)6/h6H. The smallest absolute Gasteiger partial charge is 0.256 e. The molecule has 0 aromatic carbocycles. The van der Waals surface area contributed by atoms with Gasteiger partial charge in [0, 0.05) is 0 Å². The van der Waals surface area contributed by atoms with E-state index < -0.39 is 10.7 Å². The molecule has 1 amide bonds. The Labute approximate surface area is 37.8 Å². The molecule has 0 aliphatic heterocycles. The van der Waals surface area contributed by atoms with Crippen LogP contribution in [0.15, 0.2) is 0 Å². The lowest BCUT2D eigenvalue weighted by atomic mass is 11.4. The summed E-state index contributed by atoms with van der Waals surface area (Å²) in [6, 6.07) is 0. The number of rotatable bonds is 0. The zero-order valence-corrected chi connectivity index (χ0v) is 3.31. The summed E-state index contributed by atoms with van der Waals surface area (Å²) in [4.78, 5) is 9.21. The maximum atomic E-state index is 10.7. The zero-order chi connectivity index (χ0) is 5.15. The molecule has 3 nitrogen and oxygen atoms in total. The molecule has 0 heterocycles. The summed E-state index contributed by atoms with van der Waals surface area (Å²) in [6.07, 6.45) is 0. The van der Waals surface area contributed by atoms with Gasteiger partial charge in [0.15, 0.2) is 0 Å². The van der Waals surface area contributed by atoms with E-state index in [4.69, 9.17) is 5.21 Å². The molecule has 0 saturated carbocycles. The third-order valence-electron chi connectivity index (χ3n) is 0.145. The fraction of sp³-hybridized carbons (Fsp3) is 0.